The minimum absolute atomic E-state index is 0.486. The average Bonchev–Trinajstić information content (AvgIpc) is 2.75. The van der Waals surface area contributed by atoms with Gasteiger partial charge in [-0.2, -0.15) is 4.98 Å². The van der Waals surface area contributed by atoms with Crippen molar-refractivity contribution in [3.8, 4) is 11.4 Å². The Balaban J connectivity index is 2.22. The number of anilines is 1. The molecule has 0 aliphatic rings. The molecule has 1 aromatic carbocycles. The lowest BCUT2D eigenvalue weighted by atomic mass is 10.1. The molecule has 0 aliphatic carbocycles. The first-order valence-corrected chi connectivity index (χ1v) is 5.45. The van der Waals surface area contributed by atoms with Crippen molar-refractivity contribution in [2.75, 3.05) is 11.9 Å². The monoisotopic (exact) mass is 217 g/mol. The summed E-state index contributed by atoms with van der Waals surface area (Å²) >= 11 is 0. The lowest BCUT2D eigenvalue weighted by Crippen LogP contribution is -1.99. The highest BCUT2D eigenvalue weighted by Gasteiger charge is 2.09. The predicted octanol–water partition coefficient (Wildman–Crippen LogP) is 2.87. The Hall–Kier alpha value is -1.84. The van der Waals surface area contributed by atoms with E-state index in [0.717, 1.165) is 24.1 Å². The zero-order valence-electron chi connectivity index (χ0n) is 9.53. The van der Waals surface area contributed by atoms with E-state index >= 15 is 0 Å². The average molecular weight is 217 g/mol. The third-order valence-electron chi connectivity index (χ3n) is 2.34. The molecule has 0 spiro atoms. The number of rotatable bonds is 4. The fourth-order valence-corrected chi connectivity index (χ4v) is 1.46. The van der Waals surface area contributed by atoms with Crippen molar-refractivity contribution in [1.29, 1.82) is 0 Å². The van der Waals surface area contributed by atoms with Gasteiger partial charge in [0, 0.05) is 12.1 Å². The Morgan fingerprint density at radius 1 is 1.31 bits per heavy atom. The Bertz CT molecular complexity index is 465. The fraction of sp³-hybridized carbons (Fsp3) is 0.333. The molecule has 0 amide bonds. The van der Waals surface area contributed by atoms with E-state index in [1.165, 1.54) is 0 Å². The van der Waals surface area contributed by atoms with Crippen LogP contribution < -0.4 is 5.32 Å². The highest BCUT2D eigenvalue weighted by Crippen LogP contribution is 2.20. The second-order valence-electron chi connectivity index (χ2n) is 3.66. The van der Waals surface area contributed by atoms with Crippen molar-refractivity contribution in [2.45, 2.75) is 20.3 Å². The molecule has 1 N–H and O–H groups in total. The Morgan fingerprint density at radius 3 is 2.88 bits per heavy atom. The molecular formula is C12H15N3O. The molecular weight excluding hydrogens is 202 g/mol. The first kappa shape index (κ1) is 10.7. The summed E-state index contributed by atoms with van der Waals surface area (Å²) in [4.78, 5) is 4.29. The second-order valence-corrected chi connectivity index (χ2v) is 3.66. The molecule has 2 rings (SSSR count). The molecule has 0 saturated carbocycles. The first-order chi connectivity index (χ1) is 7.81. The number of benzene rings is 1. The normalized spacial score (nSPS) is 10.4. The molecule has 4 nitrogen and oxygen atoms in total. The number of nitrogens with one attached hydrogen (secondary N) is 1. The summed E-state index contributed by atoms with van der Waals surface area (Å²) in [6, 6.07) is 8.47. The zero-order chi connectivity index (χ0) is 11.4. The van der Waals surface area contributed by atoms with Crippen LogP contribution in [0.15, 0.2) is 28.8 Å². The second kappa shape index (κ2) is 4.79. The minimum atomic E-state index is 0.486. The molecule has 84 valence electrons. The van der Waals surface area contributed by atoms with Crippen molar-refractivity contribution >= 4 is 6.01 Å². The van der Waals surface area contributed by atoms with E-state index in [0.29, 0.717) is 11.8 Å². The van der Waals surface area contributed by atoms with Gasteiger partial charge in [0.15, 0.2) is 0 Å². The van der Waals surface area contributed by atoms with Gasteiger partial charge in [0.05, 0.1) is 0 Å². The largest absolute Gasteiger partial charge is 0.338 e. The molecule has 1 aromatic heterocycles. The molecule has 4 heteroatoms. The van der Waals surface area contributed by atoms with Crippen molar-refractivity contribution in [2.24, 2.45) is 0 Å². The number of aromatic nitrogens is 2. The van der Waals surface area contributed by atoms with Gasteiger partial charge in [0.1, 0.15) is 0 Å². The summed E-state index contributed by atoms with van der Waals surface area (Å²) in [7, 11) is 0. The number of hydrogen-bond acceptors (Lipinski definition) is 4. The summed E-state index contributed by atoms with van der Waals surface area (Å²) in [5.41, 5.74) is 2.15. The smallest absolute Gasteiger partial charge is 0.321 e. The maximum atomic E-state index is 5.10. The standard InChI is InChI=1S/C12H15N3O/c1-3-8-13-12-14-11(15-16-12)10-7-5-4-6-9(10)2/h4-7H,3,8H2,1-2H3,(H,13,14,15). The lowest BCUT2D eigenvalue weighted by Gasteiger charge is -1.98. The van der Waals surface area contributed by atoms with Crippen LogP contribution in [-0.4, -0.2) is 16.7 Å². The van der Waals surface area contributed by atoms with Gasteiger partial charge in [0.25, 0.3) is 0 Å². The van der Waals surface area contributed by atoms with Gasteiger partial charge >= 0.3 is 6.01 Å². The maximum absolute atomic E-state index is 5.10. The zero-order valence-corrected chi connectivity index (χ0v) is 9.53. The Kier molecular flexibility index (Phi) is 3.19. The van der Waals surface area contributed by atoms with Crippen LogP contribution in [0, 0.1) is 6.92 Å². The summed E-state index contributed by atoms with van der Waals surface area (Å²) in [6.07, 6.45) is 1.03. The van der Waals surface area contributed by atoms with Gasteiger partial charge in [0.2, 0.25) is 5.82 Å². The highest BCUT2D eigenvalue weighted by molar-refractivity contribution is 5.59. The number of nitrogens with zero attached hydrogens (tertiary/aromatic N) is 2. The Labute approximate surface area is 94.7 Å². The van der Waals surface area contributed by atoms with Crippen LogP contribution in [0.4, 0.5) is 6.01 Å². The van der Waals surface area contributed by atoms with Gasteiger partial charge in [-0.1, -0.05) is 36.3 Å². The van der Waals surface area contributed by atoms with Gasteiger partial charge < -0.3 is 9.84 Å². The Morgan fingerprint density at radius 2 is 2.12 bits per heavy atom. The predicted molar refractivity (Wildman–Crippen MR) is 63.3 cm³/mol. The summed E-state index contributed by atoms with van der Waals surface area (Å²) in [6.45, 7) is 4.96. The molecule has 0 radical (unpaired) electrons. The van der Waals surface area contributed by atoms with Crippen molar-refractivity contribution in [3.05, 3.63) is 29.8 Å². The van der Waals surface area contributed by atoms with Crippen LogP contribution in [0.5, 0.6) is 0 Å². The molecule has 16 heavy (non-hydrogen) atoms. The molecule has 0 unspecified atom stereocenters. The topological polar surface area (TPSA) is 51.0 Å². The fourth-order valence-electron chi connectivity index (χ4n) is 1.46. The van der Waals surface area contributed by atoms with Crippen LogP contribution in [0.2, 0.25) is 0 Å². The maximum Gasteiger partial charge on any atom is 0.321 e. The van der Waals surface area contributed by atoms with Crippen LogP contribution in [0.25, 0.3) is 11.4 Å². The van der Waals surface area contributed by atoms with E-state index in [9.17, 15) is 0 Å². The van der Waals surface area contributed by atoms with Crippen molar-refractivity contribution < 1.29 is 4.52 Å². The number of aryl methyl sites for hydroxylation is 1. The molecule has 0 atom stereocenters. The van der Waals surface area contributed by atoms with E-state index in [1.54, 1.807) is 0 Å². The molecule has 1 heterocycles. The van der Waals surface area contributed by atoms with Crippen LogP contribution in [0.3, 0.4) is 0 Å². The van der Waals surface area contributed by atoms with E-state index in [1.807, 2.05) is 31.2 Å². The highest BCUT2D eigenvalue weighted by atomic mass is 16.5. The minimum Gasteiger partial charge on any atom is -0.338 e. The van der Waals surface area contributed by atoms with E-state index in [4.69, 9.17) is 4.52 Å². The SMILES string of the molecule is CCCNc1nc(-c2ccccc2C)no1. The van der Waals surface area contributed by atoms with Crippen LogP contribution in [-0.2, 0) is 0 Å². The number of hydrogen-bond donors (Lipinski definition) is 1. The van der Waals surface area contributed by atoms with Gasteiger partial charge in [-0.3, -0.25) is 0 Å². The molecule has 0 bridgehead atoms. The van der Waals surface area contributed by atoms with Gasteiger partial charge in [-0.15, -0.1) is 0 Å². The van der Waals surface area contributed by atoms with Gasteiger partial charge in [-0.05, 0) is 18.9 Å². The van der Waals surface area contributed by atoms with Crippen LogP contribution >= 0.6 is 0 Å². The summed E-state index contributed by atoms with van der Waals surface area (Å²) in [5.74, 6) is 0.636. The van der Waals surface area contributed by atoms with E-state index in [2.05, 4.69) is 22.4 Å². The molecule has 0 fully saturated rings. The quantitative estimate of drug-likeness (QED) is 0.855. The third kappa shape index (κ3) is 2.21. The van der Waals surface area contributed by atoms with E-state index < -0.39 is 0 Å². The van der Waals surface area contributed by atoms with E-state index in [-0.39, 0.29) is 0 Å². The molecule has 2 aromatic rings. The molecule has 0 saturated heterocycles. The molecule has 0 aliphatic heterocycles. The van der Waals surface area contributed by atoms with Crippen molar-refractivity contribution in [1.82, 2.24) is 10.1 Å². The van der Waals surface area contributed by atoms with Crippen LogP contribution in [0.1, 0.15) is 18.9 Å². The third-order valence-corrected chi connectivity index (χ3v) is 2.34. The van der Waals surface area contributed by atoms with Crippen molar-refractivity contribution in [3.63, 3.8) is 0 Å². The lowest BCUT2D eigenvalue weighted by molar-refractivity contribution is 0.432. The summed E-state index contributed by atoms with van der Waals surface area (Å²) < 4.78 is 5.10. The first-order valence-electron chi connectivity index (χ1n) is 5.45. The summed E-state index contributed by atoms with van der Waals surface area (Å²) in [5, 5.41) is 7.02. The van der Waals surface area contributed by atoms with Gasteiger partial charge in [-0.25, -0.2) is 0 Å².